The molecule has 1 aliphatic rings. The van der Waals surface area contributed by atoms with Gasteiger partial charge in [0.2, 0.25) is 10.0 Å². The molecule has 0 radical (unpaired) electrons. The van der Waals surface area contributed by atoms with E-state index in [1.165, 1.54) is 5.56 Å². The Morgan fingerprint density at radius 2 is 1.87 bits per heavy atom. The first-order chi connectivity index (χ1) is 14.4. The number of nitrogens with one attached hydrogen (secondary N) is 1. The van der Waals surface area contributed by atoms with Crippen molar-refractivity contribution in [2.45, 2.75) is 37.0 Å². The number of nitrogens with zero attached hydrogens (tertiary/aromatic N) is 2. The normalized spacial score (nSPS) is 20.2. The largest absolute Gasteiger partial charge is 0.356 e. The van der Waals surface area contributed by atoms with Gasteiger partial charge >= 0.3 is 0 Å². The summed E-state index contributed by atoms with van der Waals surface area (Å²) in [5, 5.41) is 8.62. The van der Waals surface area contributed by atoms with E-state index in [0.29, 0.717) is 11.8 Å². The second-order valence-electron chi connectivity index (χ2n) is 7.83. The second-order valence-corrected chi connectivity index (χ2v) is 9.39. The molecule has 162 valence electrons. The number of benzene rings is 2. The van der Waals surface area contributed by atoms with Crippen molar-refractivity contribution < 1.29 is 8.42 Å². The fourth-order valence-electron chi connectivity index (χ4n) is 4.27. The summed E-state index contributed by atoms with van der Waals surface area (Å²) in [6, 6.07) is 17.6. The highest BCUT2D eigenvalue weighted by molar-refractivity contribution is 7.89. The van der Waals surface area contributed by atoms with Crippen LogP contribution in [0.3, 0.4) is 0 Å². The third-order valence-electron chi connectivity index (χ3n) is 5.95. The number of aliphatic imine (C=N–C) groups is 1. The van der Waals surface area contributed by atoms with E-state index in [1.807, 2.05) is 19.2 Å². The smallest absolute Gasteiger partial charge is 0.238 e. The molecule has 3 rings (SSSR count). The molecule has 2 atom stereocenters. The van der Waals surface area contributed by atoms with Crippen molar-refractivity contribution >= 4 is 16.0 Å². The van der Waals surface area contributed by atoms with Gasteiger partial charge in [0.15, 0.2) is 5.96 Å². The summed E-state index contributed by atoms with van der Waals surface area (Å²) >= 11 is 0. The molecule has 0 saturated carbocycles. The van der Waals surface area contributed by atoms with Gasteiger partial charge in [-0.3, -0.25) is 4.99 Å². The van der Waals surface area contributed by atoms with Crippen molar-refractivity contribution in [2.75, 3.05) is 26.7 Å². The van der Waals surface area contributed by atoms with E-state index in [1.54, 1.807) is 12.1 Å². The van der Waals surface area contributed by atoms with Crippen LogP contribution in [0.25, 0.3) is 0 Å². The van der Waals surface area contributed by atoms with E-state index >= 15 is 0 Å². The lowest BCUT2D eigenvalue weighted by Gasteiger charge is -2.40. The number of hydrogen-bond donors (Lipinski definition) is 2. The Labute approximate surface area is 180 Å². The highest BCUT2D eigenvalue weighted by Gasteiger charge is 2.30. The lowest BCUT2D eigenvalue weighted by molar-refractivity contribution is 0.216. The van der Waals surface area contributed by atoms with E-state index in [-0.39, 0.29) is 4.90 Å². The van der Waals surface area contributed by atoms with Crippen molar-refractivity contribution in [1.29, 1.82) is 0 Å². The maximum Gasteiger partial charge on any atom is 0.238 e. The van der Waals surface area contributed by atoms with Gasteiger partial charge in [-0.25, -0.2) is 13.6 Å². The minimum atomic E-state index is -3.65. The SMILES string of the molecule is CCC1CN(C(=NC)NCCc2ccc(S(N)(=O)=O)cc2)CCC1c1ccccc1. The number of likely N-dealkylation sites (tertiary alicyclic amines) is 1. The van der Waals surface area contributed by atoms with Crippen LogP contribution in [0.1, 0.15) is 36.8 Å². The van der Waals surface area contributed by atoms with E-state index in [0.717, 1.165) is 50.4 Å². The standard InChI is InChI=1S/C23H32N4O2S/c1-3-19-17-27(16-14-22(19)20-7-5-4-6-8-20)23(25-2)26-15-13-18-9-11-21(12-10-18)30(24,28)29/h4-12,19,22H,3,13-17H2,1-2H3,(H,25,26)(H2,24,28,29). The quantitative estimate of drug-likeness (QED) is 0.547. The number of nitrogens with two attached hydrogens (primary N) is 1. The molecule has 1 aliphatic heterocycles. The molecule has 6 nitrogen and oxygen atoms in total. The predicted molar refractivity (Wildman–Crippen MR) is 122 cm³/mol. The Bertz CT molecular complexity index is 943. The molecular formula is C23H32N4O2S. The van der Waals surface area contributed by atoms with E-state index in [2.05, 4.69) is 52.5 Å². The maximum atomic E-state index is 11.4. The fraction of sp³-hybridized carbons (Fsp3) is 0.435. The van der Waals surface area contributed by atoms with Gasteiger partial charge in [0.05, 0.1) is 4.90 Å². The Morgan fingerprint density at radius 1 is 1.17 bits per heavy atom. The van der Waals surface area contributed by atoms with Gasteiger partial charge in [0, 0.05) is 26.7 Å². The molecule has 0 amide bonds. The summed E-state index contributed by atoms with van der Waals surface area (Å²) < 4.78 is 22.7. The molecular weight excluding hydrogens is 396 g/mol. The number of primary sulfonamides is 1. The highest BCUT2D eigenvalue weighted by Crippen LogP contribution is 2.34. The minimum absolute atomic E-state index is 0.141. The molecule has 1 fully saturated rings. The van der Waals surface area contributed by atoms with Crippen LogP contribution in [0, 0.1) is 5.92 Å². The predicted octanol–water partition coefficient (Wildman–Crippen LogP) is 2.97. The summed E-state index contributed by atoms with van der Waals surface area (Å²) in [4.78, 5) is 6.99. The first-order valence-corrected chi connectivity index (χ1v) is 12.1. The lowest BCUT2D eigenvalue weighted by atomic mass is 9.79. The van der Waals surface area contributed by atoms with Crippen LogP contribution < -0.4 is 10.5 Å². The molecule has 2 unspecified atom stereocenters. The second kappa shape index (κ2) is 10.1. The topological polar surface area (TPSA) is 87.8 Å². The molecule has 0 aliphatic carbocycles. The van der Waals surface area contributed by atoms with Gasteiger partial charge in [-0.15, -0.1) is 0 Å². The minimum Gasteiger partial charge on any atom is -0.356 e. The van der Waals surface area contributed by atoms with Crippen LogP contribution in [0.2, 0.25) is 0 Å². The zero-order chi connectivity index (χ0) is 21.6. The van der Waals surface area contributed by atoms with Gasteiger partial charge in [-0.05, 0) is 47.9 Å². The first kappa shape index (κ1) is 22.3. The molecule has 1 saturated heterocycles. The highest BCUT2D eigenvalue weighted by atomic mass is 32.2. The Balaban J connectivity index is 1.55. The molecule has 2 aromatic carbocycles. The third-order valence-corrected chi connectivity index (χ3v) is 6.88. The van der Waals surface area contributed by atoms with E-state index in [4.69, 9.17) is 5.14 Å². The summed E-state index contributed by atoms with van der Waals surface area (Å²) in [5.74, 6) is 2.13. The number of hydrogen-bond acceptors (Lipinski definition) is 3. The molecule has 3 N–H and O–H groups in total. The van der Waals surface area contributed by atoms with Gasteiger partial charge in [0.1, 0.15) is 0 Å². The molecule has 0 spiro atoms. The number of guanidine groups is 1. The van der Waals surface area contributed by atoms with Gasteiger partial charge < -0.3 is 10.2 Å². The zero-order valence-electron chi connectivity index (χ0n) is 17.8. The summed E-state index contributed by atoms with van der Waals surface area (Å²) in [7, 11) is -1.82. The van der Waals surface area contributed by atoms with Crippen molar-refractivity contribution in [3.8, 4) is 0 Å². The molecule has 7 heteroatoms. The Kier molecular flexibility index (Phi) is 7.50. The maximum absolute atomic E-state index is 11.4. The van der Waals surface area contributed by atoms with Gasteiger partial charge in [-0.1, -0.05) is 55.8 Å². The number of rotatable bonds is 6. The molecule has 0 bridgehead atoms. The van der Waals surface area contributed by atoms with Crippen LogP contribution in [0.4, 0.5) is 0 Å². The van der Waals surface area contributed by atoms with Crippen LogP contribution in [-0.4, -0.2) is 46.0 Å². The van der Waals surface area contributed by atoms with Crippen molar-refractivity contribution in [3.05, 3.63) is 65.7 Å². The Hall–Kier alpha value is -2.38. The van der Waals surface area contributed by atoms with Crippen LogP contribution in [-0.2, 0) is 16.4 Å². The molecule has 2 aromatic rings. The Morgan fingerprint density at radius 3 is 2.47 bits per heavy atom. The molecule has 0 aromatic heterocycles. The molecule has 30 heavy (non-hydrogen) atoms. The van der Waals surface area contributed by atoms with E-state index < -0.39 is 10.0 Å². The number of piperidine rings is 1. The fourth-order valence-corrected chi connectivity index (χ4v) is 4.79. The third kappa shape index (κ3) is 5.61. The monoisotopic (exact) mass is 428 g/mol. The van der Waals surface area contributed by atoms with Crippen molar-refractivity contribution in [2.24, 2.45) is 16.0 Å². The molecule has 1 heterocycles. The summed E-state index contributed by atoms with van der Waals surface area (Å²) in [6.07, 6.45) is 3.04. The van der Waals surface area contributed by atoms with Crippen molar-refractivity contribution in [1.82, 2.24) is 10.2 Å². The van der Waals surface area contributed by atoms with Gasteiger partial charge in [0.25, 0.3) is 0 Å². The first-order valence-electron chi connectivity index (χ1n) is 10.5. The average Bonchev–Trinajstić information content (AvgIpc) is 2.76. The van der Waals surface area contributed by atoms with Crippen LogP contribution in [0.15, 0.2) is 64.5 Å². The average molecular weight is 429 g/mol. The van der Waals surface area contributed by atoms with Crippen LogP contribution >= 0.6 is 0 Å². The zero-order valence-corrected chi connectivity index (χ0v) is 18.6. The summed E-state index contributed by atoms with van der Waals surface area (Å²) in [6.45, 7) is 4.99. The lowest BCUT2D eigenvalue weighted by Crippen LogP contribution is -2.48. The number of sulfonamides is 1. The van der Waals surface area contributed by atoms with Crippen molar-refractivity contribution in [3.63, 3.8) is 0 Å². The van der Waals surface area contributed by atoms with E-state index in [9.17, 15) is 8.42 Å². The summed E-state index contributed by atoms with van der Waals surface area (Å²) in [5.41, 5.74) is 2.49. The van der Waals surface area contributed by atoms with Crippen LogP contribution in [0.5, 0.6) is 0 Å². The van der Waals surface area contributed by atoms with Gasteiger partial charge in [-0.2, -0.15) is 0 Å².